The second-order valence-electron chi connectivity index (χ2n) is 6.71. The fourth-order valence-corrected chi connectivity index (χ4v) is 2.43. The molecule has 0 spiro atoms. The average Bonchev–Trinajstić information content (AvgIpc) is 2.99. The van der Waals surface area contributed by atoms with Crippen molar-refractivity contribution in [2.75, 3.05) is 20.1 Å². The van der Waals surface area contributed by atoms with Crippen LogP contribution in [-0.2, 0) is 6.18 Å². The maximum absolute atomic E-state index is 13.6. The van der Waals surface area contributed by atoms with Crippen LogP contribution in [-0.4, -0.2) is 45.9 Å². The number of hydrogen-bond acceptors (Lipinski definition) is 4. The molecule has 0 aliphatic carbocycles. The van der Waals surface area contributed by atoms with Gasteiger partial charge in [-0.05, 0) is 30.2 Å². The minimum absolute atomic E-state index is 0.131. The van der Waals surface area contributed by atoms with Crippen LogP contribution in [0.5, 0.6) is 0 Å². The van der Waals surface area contributed by atoms with Crippen molar-refractivity contribution >= 4 is 5.91 Å². The predicted octanol–water partition coefficient (Wildman–Crippen LogP) is 2.48. The molecule has 6 nitrogen and oxygen atoms in total. The normalized spacial score (nSPS) is 12.3. The lowest BCUT2D eigenvalue weighted by atomic mass is 9.93. The highest BCUT2D eigenvalue weighted by Crippen LogP contribution is 2.33. The first-order chi connectivity index (χ1) is 12.0. The minimum atomic E-state index is -4.91. The van der Waals surface area contributed by atoms with Gasteiger partial charge in [-0.1, -0.05) is 25.1 Å². The molecule has 1 aromatic heterocycles. The Morgan fingerprint density at radius 3 is 2.50 bits per heavy atom. The third kappa shape index (κ3) is 4.18. The van der Waals surface area contributed by atoms with Crippen molar-refractivity contribution in [2.45, 2.75) is 20.0 Å². The highest BCUT2D eigenvalue weighted by molar-refractivity contribution is 5.93. The van der Waals surface area contributed by atoms with Crippen molar-refractivity contribution in [3.63, 3.8) is 0 Å². The van der Waals surface area contributed by atoms with Gasteiger partial charge in [0.15, 0.2) is 11.4 Å². The summed E-state index contributed by atoms with van der Waals surface area (Å²) >= 11 is 0. The Morgan fingerprint density at radius 2 is 1.96 bits per heavy atom. The number of rotatable bonds is 5. The zero-order valence-corrected chi connectivity index (χ0v) is 14.5. The maximum atomic E-state index is 13.6. The Balaban J connectivity index is 2.49. The largest absolute Gasteiger partial charge is 0.435 e. The second kappa shape index (κ2) is 7.02. The number of halogens is 4. The zero-order valence-electron chi connectivity index (χ0n) is 14.5. The van der Waals surface area contributed by atoms with Gasteiger partial charge in [-0.15, -0.1) is 5.10 Å². The highest BCUT2D eigenvalue weighted by atomic mass is 19.4. The first-order valence-electron chi connectivity index (χ1n) is 7.70. The van der Waals surface area contributed by atoms with E-state index >= 15 is 0 Å². The van der Waals surface area contributed by atoms with Crippen LogP contribution in [0.25, 0.3) is 5.69 Å². The number of carbonyl (C=O) groups is 1. The number of alkyl halides is 3. The predicted molar refractivity (Wildman–Crippen MR) is 86.1 cm³/mol. The summed E-state index contributed by atoms with van der Waals surface area (Å²) in [7, 11) is 1.36. The van der Waals surface area contributed by atoms with Crippen LogP contribution in [0.1, 0.15) is 30.0 Å². The molecular formula is C16H19F4N5O. The molecule has 0 atom stereocenters. The van der Waals surface area contributed by atoms with E-state index in [2.05, 4.69) is 10.3 Å². The van der Waals surface area contributed by atoms with E-state index in [-0.39, 0.29) is 18.8 Å². The van der Waals surface area contributed by atoms with Gasteiger partial charge in [-0.2, -0.15) is 13.2 Å². The molecule has 0 saturated carbocycles. The van der Waals surface area contributed by atoms with E-state index in [4.69, 9.17) is 5.73 Å². The molecule has 1 amide bonds. The van der Waals surface area contributed by atoms with Crippen LogP contribution >= 0.6 is 0 Å². The third-order valence-corrected chi connectivity index (χ3v) is 3.76. The Kier molecular flexibility index (Phi) is 5.36. The maximum Gasteiger partial charge on any atom is 0.435 e. The van der Waals surface area contributed by atoms with Crippen molar-refractivity contribution in [3.05, 3.63) is 41.5 Å². The fraction of sp³-hybridized carbons (Fsp3) is 0.438. The molecule has 0 bridgehead atoms. The van der Waals surface area contributed by atoms with Crippen molar-refractivity contribution in [3.8, 4) is 5.69 Å². The van der Waals surface area contributed by atoms with Crippen LogP contribution < -0.4 is 5.73 Å². The Morgan fingerprint density at radius 1 is 1.31 bits per heavy atom. The Bertz CT molecular complexity index is 800. The number of benzene rings is 1. The van der Waals surface area contributed by atoms with E-state index in [0.717, 1.165) is 17.0 Å². The van der Waals surface area contributed by atoms with Gasteiger partial charge < -0.3 is 10.6 Å². The van der Waals surface area contributed by atoms with Crippen molar-refractivity contribution in [2.24, 2.45) is 11.1 Å². The average molecular weight is 373 g/mol. The van der Waals surface area contributed by atoms with Crippen molar-refractivity contribution in [1.29, 1.82) is 0 Å². The number of amides is 1. The quantitative estimate of drug-likeness (QED) is 0.817. The molecular weight excluding hydrogens is 354 g/mol. The van der Waals surface area contributed by atoms with Gasteiger partial charge in [0, 0.05) is 13.6 Å². The van der Waals surface area contributed by atoms with Gasteiger partial charge in [0.05, 0.1) is 5.69 Å². The lowest BCUT2D eigenvalue weighted by Crippen LogP contribution is -2.40. The van der Waals surface area contributed by atoms with Gasteiger partial charge in [-0.3, -0.25) is 4.79 Å². The third-order valence-electron chi connectivity index (χ3n) is 3.76. The minimum Gasteiger partial charge on any atom is -0.340 e. The van der Waals surface area contributed by atoms with Crippen LogP contribution in [0.4, 0.5) is 17.6 Å². The van der Waals surface area contributed by atoms with Gasteiger partial charge in [0.25, 0.3) is 5.91 Å². The summed E-state index contributed by atoms with van der Waals surface area (Å²) in [5.74, 6) is -1.68. The number of nitrogens with zero attached hydrogens (tertiary/aromatic N) is 4. The molecule has 2 rings (SSSR count). The van der Waals surface area contributed by atoms with Crippen molar-refractivity contribution in [1.82, 2.24) is 19.9 Å². The molecule has 0 fully saturated rings. The summed E-state index contributed by atoms with van der Waals surface area (Å²) in [4.78, 5) is 13.6. The molecule has 0 aliphatic rings. The summed E-state index contributed by atoms with van der Waals surface area (Å²) in [5, 5.41) is 6.84. The first kappa shape index (κ1) is 19.8. The lowest BCUT2D eigenvalue weighted by molar-refractivity contribution is -0.143. The second-order valence-corrected chi connectivity index (χ2v) is 6.71. The molecule has 10 heteroatoms. The van der Waals surface area contributed by atoms with E-state index in [1.54, 1.807) is 13.8 Å². The monoisotopic (exact) mass is 373 g/mol. The Labute approximate surface area is 147 Å². The SMILES string of the molecule is CN(CC(C)(C)CN)C(=O)c1nnn(-c2cccc(F)c2)c1C(F)(F)F. The molecule has 2 aromatic rings. The van der Waals surface area contributed by atoms with Gasteiger partial charge in [-0.25, -0.2) is 9.07 Å². The molecule has 26 heavy (non-hydrogen) atoms. The van der Waals surface area contributed by atoms with Gasteiger partial charge >= 0.3 is 6.18 Å². The van der Waals surface area contributed by atoms with E-state index in [1.165, 1.54) is 19.2 Å². The van der Waals surface area contributed by atoms with E-state index in [0.29, 0.717) is 4.68 Å². The van der Waals surface area contributed by atoms with Crippen LogP contribution in [0, 0.1) is 11.2 Å². The number of carbonyl (C=O) groups excluding carboxylic acids is 1. The molecule has 0 saturated heterocycles. The summed E-state index contributed by atoms with van der Waals surface area (Å²) < 4.78 is 54.5. The highest BCUT2D eigenvalue weighted by Gasteiger charge is 2.43. The fourth-order valence-electron chi connectivity index (χ4n) is 2.43. The number of aromatic nitrogens is 3. The van der Waals surface area contributed by atoms with E-state index in [1.807, 2.05) is 0 Å². The number of hydrogen-bond donors (Lipinski definition) is 1. The smallest absolute Gasteiger partial charge is 0.340 e. The topological polar surface area (TPSA) is 77.0 Å². The number of nitrogens with two attached hydrogens (primary N) is 1. The molecule has 0 radical (unpaired) electrons. The van der Waals surface area contributed by atoms with E-state index in [9.17, 15) is 22.4 Å². The van der Waals surface area contributed by atoms with Crippen LogP contribution in [0.2, 0.25) is 0 Å². The summed E-state index contributed by atoms with van der Waals surface area (Å²) in [6.07, 6.45) is -4.91. The van der Waals surface area contributed by atoms with Gasteiger partial charge in [0.1, 0.15) is 5.82 Å². The molecule has 1 aromatic carbocycles. The standard InChI is InChI=1S/C16H19F4N5O/c1-15(2,8-21)9-24(3)14(26)12-13(16(18,19)20)25(23-22-12)11-6-4-5-10(17)7-11/h4-7H,8-9,21H2,1-3H3. The Hall–Kier alpha value is -2.49. The first-order valence-corrected chi connectivity index (χ1v) is 7.70. The lowest BCUT2D eigenvalue weighted by Gasteiger charge is -2.28. The van der Waals surface area contributed by atoms with E-state index < -0.39 is 34.7 Å². The molecule has 0 aliphatic heterocycles. The molecule has 142 valence electrons. The molecule has 2 N–H and O–H groups in total. The molecule has 1 heterocycles. The summed E-state index contributed by atoms with van der Waals surface area (Å²) in [6, 6.07) is 4.44. The summed E-state index contributed by atoms with van der Waals surface area (Å²) in [6.45, 7) is 3.94. The van der Waals surface area contributed by atoms with Crippen LogP contribution in [0.3, 0.4) is 0 Å². The van der Waals surface area contributed by atoms with Crippen molar-refractivity contribution < 1.29 is 22.4 Å². The molecule has 0 unspecified atom stereocenters. The summed E-state index contributed by atoms with van der Waals surface area (Å²) in [5.41, 5.74) is 2.72. The zero-order chi connectivity index (χ0) is 19.7. The van der Waals surface area contributed by atoms with Crippen LogP contribution in [0.15, 0.2) is 24.3 Å². The van der Waals surface area contributed by atoms with Gasteiger partial charge in [0.2, 0.25) is 0 Å².